The summed E-state index contributed by atoms with van der Waals surface area (Å²) in [5.41, 5.74) is 3.99. The third-order valence-electron chi connectivity index (χ3n) is 4.03. The number of aliphatic hydroxyl groups is 1. The molecule has 3 atom stereocenters. The van der Waals surface area contributed by atoms with Crippen LogP contribution in [0.15, 0.2) is 54.6 Å². The van der Waals surface area contributed by atoms with Crippen molar-refractivity contribution >= 4 is 0 Å². The first-order valence-corrected chi connectivity index (χ1v) is 6.53. The summed E-state index contributed by atoms with van der Waals surface area (Å²) in [7, 11) is 0. The Morgan fingerprint density at radius 1 is 0.833 bits per heavy atom. The van der Waals surface area contributed by atoms with Crippen molar-refractivity contribution in [2.75, 3.05) is 6.61 Å². The van der Waals surface area contributed by atoms with Gasteiger partial charge in [0.1, 0.15) is 0 Å². The Hall–Kier alpha value is -1.60. The highest BCUT2D eigenvalue weighted by Gasteiger charge is 2.50. The smallest absolute Gasteiger partial charge is 0.0471 e. The zero-order valence-electron chi connectivity index (χ0n) is 10.6. The molecule has 0 radical (unpaired) electrons. The molecule has 2 aromatic carbocycles. The average Bonchev–Trinajstić information content (AvgIpc) is 3.15. The lowest BCUT2D eigenvalue weighted by Crippen LogP contribution is -1.89. The Labute approximate surface area is 108 Å². The van der Waals surface area contributed by atoms with Crippen molar-refractivity contribution in [3.63, 3.8) is 0 Å². The minimum atomic E-state index is 0.276. The Balaban J connectivity index is 1.87. The highest BCUT2D eigenvalue weighted by atomic mass is 16.3. The van der Waals surface area contributed by atoms with Crippen molar-refractivity contribution in [1.82, 2.24) is 0 Å². The first kappa shape index (κ1) is 11.5. The Morgan fingerprint density at radius 3 is 1.94 bits per heavy atom. The molecule has 1 aliphatic rings. The first-order valence-electron chi connectivity index (χ1n) is 6.53. The fourth-order valence-corrected chi connectivity index (χ4v) is 2.97. The van der Waals surface area contributed by atoms with Gasteiger partial charge >= 0.3 is 0 Å². The van der Waals surface area contributed by atoms with E-state index < -0.39 is 0 Å². The van der Waals surface area contributed by atoms with Gasteiger partial charge in [0.05, 0.1) is 0 Å². The maximum Gasteiger partial charge on any atom is 0.0471 e. The standard InChI is InChI=1S/C17H18O/c1-12-7-9-14(10-8-12)17-15(11-18)16(17)13-5-3-2-4-6-13/h2-10,15-18H,11H2,1H3/t15-,16-,17+/m0/s1. The van der Waals surface area contributed by atoms with Crippen molar-refractivity contribution in [1.29, 1.82) is 0 Å². The first-order chi connectivity index (χ1) is 8.81. The van der Waals surface area contributed by atoms with Crippen molar-refractivity contribution < 1.29 is 5.11 Å². The largest absolute Gasteiger partial charge is 0.396 e. The van der Waals surface area contributed by atoms with Gasteiger partial charge in [0.2, 0.25) is 0 Å². The molecule has 0 spiro atoms. The number of benzene rings is 2. The number of hydrogen-bond acceptors (Lipinski definition) is 1. The molecule has 18 heavy (non-hydrogen) atoms. The van der Waals surface area contributed by atoms with Crippen LogP contribution in [0.2, 0.25) is 0 Å². The molecule has 0 aliphatic heterocycles. The molecule has 1 aliphatic carbocycles. The van der Waals surface area contributed by atoms with Crippen LogP contribution in [0.4, 0.5) is 0 Å². The summed E-state index contributed by atoms with van der Waals surface area (Å²) in [5, 5.41) is 9.52. The van der Waals surface area contributed by atoms with Crippen molar-refractivity contribution in [2.45, 2.75) is 18.8 Å². The number of rotatable bonds is 3. The Morgan fingerprint density at radius 2 is 1.39 bits per heavy atom. The SMILES string of the molecule is Cc1ccc([C@@H]2[C@@H](CO)[C@@H]2c2ccccc2)cc1. The van der Waals surface area contributed by atoms with E-state index in [1.165, 1.54) is 16.7 Å². The molecule has 3 rings (SSSR count). The van der Waals surface area contributed by atoms with E-state index in [-0.39, 0.29) is 6.61 Å². The molecule has 1 heteroatoms. The van der Waals surface area contributed by atoms with E-state index in [0.717, 1.165) is 0 Å². The lowest BCUT2D eigenvalue weighted by Gasteiger charge is -2.01. The lowest BCUT2D eigenvalue weighted by atomic mass is 10.0. The topological polar surface area (TPSA) is 20.2 Å². The van der Waals surface area contributed by atoms with Crippen LogP contribution in [-0.2, 0) is 0 Å². The second-order valence-electron chi connectivity index (χ2n) is 5.22. The Kier molecular flexibility index (Phi) is 2.92. The summed E-state index contributed by atoms with van der Waals surface area (Å²) in [6, 6.07) is 19.2. The van der Waals surface area contributed by atoms with Crippen LogP contribution in [0.5, 0.6) is 0 Å². The summed E-state index contributed by atoms with van der Waals surface area (Å²) >= 11 is 0. The van der Waals surface area contributed by atoms with Crippen LogP contribution in [0.3, 0.4) is 0 Å². The van der Waals surface area contributed by atoms with Crippen LogP contribution >= 0.6 is 0 Å². The fourth-order valence-electron chi connectivity index (χ4n) is 2.97. The van der Waals surface area contributed by atoms with Gasteiger partial charge in [0, 0.05) is 6.61 Å². The zero-order chi connectivity index (χ0) is 12.5. The van der Waals surface area contributed by atoms with E-state index in [1.54, 1.807) is 0 Å². The molecular weight excluding hydrogens is 220 g/mol. The van der Waals surface area contributed by atoms with E-state index in [2.05, 4.69) is 55.5 Å². The molecule has 2 aromatic rings. The van der Waals surface area contributed by atoms with E-state index in [4.69, 9.17) is 0 Å². The van der Waals surface area contributed by atoms with E-state index in [0.29, 0.717) is 17.8 Å². The van der Waals surface area contributed by atoms with Crippen LogP contribution in [0.1, 0.15) is 28.5 Å². The van der Waals surface area contributed by atoms with Crippen LogP contribution in [0.25, 0.3) is 0 Å². The van der Waals surface area contributed by atoms with Crippen molar-refractivity contribution in [2.24, 2.45) is 5.92 Å². The van der Waals surface area contributed by atoms with Crippen molar-refractivity contribution in [3.8, 4) is 0 Å². The van der Waals surface area contributed by atoms with Gasteiger partial charge in [-0.25, -0.2) is 0 Å². The normalized spacial score (nSPS) is 26.0. The molecule has 0 heterocycles. The third kappa shape index (κ3) is 1.95. The van der Waals surface area contributed by atoms with Crippen LogP contribution < -0.4 is 0 Å². The highest BCUT2D eigenvalue weighted by Crippen LogP contribution is 2.60. The van der Waals surface area contributed by atoms with Gasteiger partial charge < -0.3 is 5.11 Å². The highest BCUT2D eigenvalue weighted by molar-refractivity contribution is 5.39. The predicted molar refractivity (Wildman–Crippen MR) is 73.7 cm³/mol. The van der Waals surface area contributed by atoms with Gasteiger partial charge in [-0.15, -0.1) is 0 Å². The number of hydrogen-bond donors (Lipinski definition) is 1. The van der Waals surface area contributed by atoms with Gasteiger partial charge in [0.25, 0.3) is 0 Å². The maximum absolute atomic E-state index is 9.52. The summed E-state index contributed by atoms with van der Waals surface area (Å²) in [5.74, 6) is 1.35. The van der Waals surface area contributed by atoms with Crippen LogP contribution in [0, 0.1) is 12.8 Å². The molecule has 0 saturated heterocycles. The van der Waals surface area contributed by atoms with Gasteiger partial charge in [-0.2, -0.15) is 0 Å². The summed E-state index contributed by atoms with van der Waals surface area (Å²) in [6.07, 6.45) is 0. The molecule has 92 valence electrons. The van der Waals surface area contributed by atoms with Crippen LogP contribution in [-0.4, -0.2) is 11.7 Å². The molecule has 0 aromatic heterocycles. The Bertz CT molecular complexity index is 515. The van der Waals surface area contributed by atoms with E-state index in [9.17, 15) is 5.11 Å². The molecule has 0 bridgehead atoms. The van der Waals surface area contributed by atoms with Gasteiger partial charge in [-0.1, -0.05) is 60.2 Å². The minimum Gasteiger partial charge on any atom is -0.396 e. The summed E-state index contributed by atoms with van der Waals surface area (Å²) in [4.78, 5) is 0. The maximum atomic E-state index is 9.52. The molecule has 0 unspecified atom stereocenters. The van der Waals surface area contributed by atoms with E-state index >= 15 is 0 Å². The van der Waals surface area contributed by atoms with Gasteiger partial charge in [0.15, 0.2) is 0 Å². The van der Waals surface area contributed by atoms with Gasteiger partial charge in [-0.3, -0.25) is 0 Å². The minimum absolute atomic E-state index is 0.276. The average molecular weight is 238 g/mol. The molecule has 1 nitrogen and oxygen atoms in total. The molecule has 1 saturated carbocycles. The fraction of sp³-hybridized carbons (Fsp3) is 0.294. The number of aryl methyl sites for hydroxylation is 1. The van der Waals surface area contributed by atoms with E-state index in [1.807, 2.05) is 6.07 Å². The third-order valence-corrected chi connectivity index (χ3v) is 4.03. The molecular formula is C17H18O. The molecule has 1 fully saturated rings. The summed E-state index contributed by atoms with van der Waals surface area (Å²) in [6.45, 7) is 2.38. The lowest BCUT2D eigenvalue weighted by molar-refractivity contribution is 0.271. The van der Waals surface area contributed by atoms with Gasteiger partial charge in [-0.05, 0) is 35.8 Å². The van der Waals surface area contributed by atoms with Crippen molar-refractivity contribution in [3.05, 3.63) is 71.3 Å². The molecule has 1 N–H and O–H groups in total. The molecule has 0 amide bonds. The monoisotopic (exact) mass is 238 g/mol. The quantitative estimate of drug-likeness (QED) is 0.868. The zero-order valence-corrected chi connectivity index (χ0v) is 10.6. The number of aliphatic hydroxyl groups excluding tert-OH is 1. The second kappa shape index (κ2) is 4.58. The predicted octanol–water partition coefficient (Wildman–Crippen LogP) is 3.48. The summed E-state index contributed by atoms with van der Waals surface area (Å²) < 4.78 is 0. The second-order valence-corrected chi connectivity index (χ2v) is 5.22.